The van der Waals surface area contributed by atoms with Gasteiger partial charge in [-0.3, -0.25) is 10.4 Å². The number of carboxylic acids is 1. The standard InChI is InChI=1S/C28H28N2O2/c1-28(2,3)23-16-9-20(10-17-23)11-18-24-19-26(21-12-14-22(15-13-21)27(31)32)30(29-24)25-7-5-4-6-8-25/h4-19,26,29H,1-3H3,(H,31,32). The highest BCUT2D eigenvalue weighted by Crippen LogP contribution is 2.32. The Balaban J connectivity index is 1.60. The Kier molecular flexibility index (Phi) is 5.87. The molecule has 162 valence electrons. The number of allylic oxidation sites excluding steroid dienone is 1. The molecule has 1 atom stereocenters. The lowest BCUT2D eigenvalue weighted by molar-refractivity contribution is 0.0697. The second-order valence-electron chi connectivity index (χ2n) is 9.02. The number of benzene rings is 3. The number of nitrogens with zero attached hydrogens (tertiary/aromatic N) is 1. The van der Waals surface area contributed by atoms with Crippen LogP contribution in [0, 0.1) is 0 Å². The van der Waals surface area contributed by atoms with E-state index in [2.05, 4.69) is 85.8 Å². The summed E-state index contributed by atoms with van der Waals surface area (Å²) in [6.45, 7) is 6.64. The van der Waals surface area contributed by atoms with Gasteiger partial charge in [0.15, 0.2) is 0 Å². The molecule has 0 aliphatic carbocycles. The molecule has 0 bridgehead atoms. The van der Waals surface area contributed by atoms with Gasteiger partial charge >= 0.3 is 5.97 Å². The minimum absolute atomic E-state index is 0.0526. The third-order valence-corrected chi connectivity index (χ3v) is 5.63. The molecule has 4 nitrogen and oxygen atoms in total. The molecule has 0 aromatic heterocycles. The second-order valence-corrected chi connectivity index (χ2v) is 9.02. The minimum atomic E-state index is -0.919. The molecule has 0 spiro atoms. The molecule has 0 saturated carbocycles. The number of carbonyl (C=O) groups is 1. The lowest BCUT2D eigenvalue weighted by Crippen LogP contribution is -2.34. The largest absolute Gasteiger partial charge is 0.478 e. The van der Waals surface area contributed by atoms with Gasteiger partial charge in [-0.1, -0.05) is 81.4 Å². The summed E-state index contributed by atoms with van der Waals surface area (Å²) in [5.41, 5.74) is 9.41. The van der Waals surface area contributed by atoms with Crippen LogP contribution in [0.5, 0.6) is 0 Å². The van der Waals surface area contributed by atoms with E-state index in [1.807, 2.05) is 30.3 Å². The first-order chi connectivity index (χ1) is 15.3. The number of anilines is 1. The van der Waals surface area contributed by atoms with Crippen LogP contribution < -0.4 is 10.4 Å². The molecule has 3 aromatic rings. The van der Waals surface area contributed by atoms with Crippen LogP contribution in [0.1, 0.15) is 53.9 Å². The molecule has 4 heteroatoms. The zero-order valence-electron chi connectivity index (χ0n) is 18.6. The van der Waals surface area contributed by atoms with Crippen molar-refractivity contribution in [2.45, 2.75) is 32.2 Å². The Labute approximate surface area is 189 Å². The molecule has 1 heterocycles. The van der Waals surface area contributed by atoms with Crippen molar-refractivity contribution in [3.05, 3.63) is 119 Å². The van der Waals surface area contributed by atoms with E-state index >= 15 is 0 Å². The van der Waals surface area contributed by atoms with E-state index in [0.717, 1.165) is 22.5 Å². The number of para-hydroxylation sites is 1. The van der Waals surface area contributed by atoms with Crippen molar-refractivity contribution in [2.75, 3.05) is 5.01 Å². The number of carboxylic acid groups (broad SMARTS) is 1. The van der Waals surface area contributed by atoms with Gasteiger partial charge < -0.3 is 5.11 Å². The molecule has 1 unspecified atom stereocenters. The predicted octanol–water partition coefficient (Wildman–Crippen LogP) is 6.35. The third-order valence-electron chi connectivity index (χ3n) is 5.63. The molecule has 1 aliphatic heterocycles. The molecule has 3 aromatic carbocycles. The van der Waals surface area contributed by atoms with Crippen molar-refractivity contribution < 1.29 is 9.90 Å². The zero-order valence-corrected chi connectivity index (χ0v) is 18.6. The topological polar surface area (TPSA) is 52.6 Å². The molecule has 0 amide bonds. The number of hydrogen-bond acceptors (Lipinski definition) is 3. The number of nitrogens with one attached hydrogen (secondary N) is 1. The van der Waals surface area contributed by atoms with Crippen LogP contribution in [0.25, 0.3) is 6.08 Å². The van der Waals surface area contributed by atoms with E-state index in [4.69, 9.17) is 0 Å². The van der Waals surface area contributed by atoms with Gasteiger partial charge in [0.25, 0.3) is 0 Å². The van der Waals surface area contributed by atoms with Crippen molar-refractivity contribution in [1.29, 1.82) is 0 Å². The van der Waals surface area contributed by atoms with Gasteiger partial charge in [0.2, 0.25) is 0 Å². The maximum atomic E-state index is 11.2. The van der Waals surface area contributed by atoms with Gasteiger partial charge in [-0.2, -0.15) is 0 Å². The molecular formula is C28H28N2O2. The maximum absolute atomic E-state index is 11.2. The second kappa shape index (κ2) is 8.75. The summed E-state index contributed by atoms with van der Waals surface area (Å²) in [5, 5.41) is 11.3. The smallest absolute Gasteiger partial charge is 0.335 e. The molecule has 0 radical (unpaired) electrons. The van der Waals surface area contributed by atoms with Crippen molar-refractivity contribution >= 4 is 17.7 Å². The fourth-order valence-electron chi connectivity index (χ4n) is 3.75. The SMILES string of the molecule is CC(C)(C)c1ccc(C=CC2=CC(c3ccc(C(=O)O)cc3)N(c3ccccc3)N2)cc1. The zero-order chi connectivity index (χ0) is 22.7. The lowest BCUT2D eigenvalue weighted by atomic mass is 9.87. The molecule has 0 fully saturated rings. The van der Waals surface area contributed by atoms with Crippen LogP contribution in [0.15, 0.2) is 96.7 Å². The monoisotopic (exact) mass is 424 g/mol. The summed E-state index contributed by atoms with van der Waals surface area (Å²) in [7, 11) is 0. The van der Waals surface area contributed by atoms with Crippen molar-refractivity contribution in [2.24, 2.45) is 0 Å². The van der Waals surface area contributed by atoms with Gasteiger partial charge in [-0.15, -0.1) is 0 Å². The average molecular weight is 425 g/mol. The van der Waals surface area contributed by atoms with E-state index < -0.39 is 5.97 Å². The summed E-state index contributed by atoms with van der Waals surface area (Å²) in [6, 6.07) is 25.8. The highest BCUT2D eigenvalue weighted by Gasteiger charge is 2.25. The average Bonchev–Trinajstić information content (AvgIpc) is 3.22. The Bertz CT molecular complexity index is 1140. The van der Waals surface area contributed by atoms with Crippen LogP contribution in [-0.4, -0.2) is 11.1 Å². The van der Waals surface area contributed by atoms with E-state index in [0.29, 0.717) is 0 Å². The number of rotatable bonds is 5. The van der Waals surface area contributed by atoms with Gasteiger partial charge in [0.05, 0.1) is 23.0 Å². The van der Waals surface area contributed by atoms with Crippen LogP contribution in [0.2, 0.25) is 0 Å². The van der Waals surface area contributed by atoms with E-state index in [9.17, 15) is 9.90 Å². The van der Waals surface area contributed by atoms with Crippen molar-refractivity contribution in [3.8, 4) is 0 Å². The minimum Gasteiger partial charge on any atom is -0.478 e. The van der Waals surface area contributed by atoms with E-state index in [1.165, 1.54) is 5.56 Å². The predicted molar refractivity (Wildman–Crippen MR) is 130 cm³/mol. The Hall–Kier alpha value is -3.79. The summed E-state index contributed by atoms with van der Waals surface area (Å²) >= 11 is 0. The molecular weight excluding hydrogens is 396 g/mol. The Morgan fingerprint density at radius 3 is 2.16 bits per heavy atom. The van der Waals surface area contributed by atoms with Crippen LogP contribution in [0.3, 0.4) is 0 Å². The molecule has 32 heavy (non-hydrogen) atoms. The van der Waals surface area contributed by atoms with Gasteiger partial charge in [0.1, 0.15) is 0 Å². The summed E-state index contributed by atoms with van der Waals surface area (Å²) < 4.78 is 0. The third kappa shape index (κ3) is 4.75. The highest BCUT2D eigenvalue weighted by molar-refractivity contribution is 5.87. The fraction of sp³-hybridized carbons (Fsp3) is 0.179. The normalized spacial score (nSPS) is 16.2. The highest BCUT2D eigenvalue weighted by atomic mass is 16.4. The molecule has 0 saturated heterocycles. The first-order valence-corrected chi connectivity index (χ1v) is 10.8. The van der Waals surface area contributed by atoms with Gasteiger partial charge in [-0.05, 0) is 58.5 Å². The first kappa shape index (κ1) is 21.4. The number of aromatic carboxylic acids is 1. The fourth-order valence-corrected chi connectivity index (χ4v) is 3.75. The maximum Gasteiger partial charge on any atom is 0.335 e. The molecule has 1 aliphatic rings. The van der Waals surface area contributed by atoms with Gasteiger partial charge in [-0.25, -0.2) is 4.79 Å². The van der Waals surface area contributed by atoms with E-state index in [-0.39, 0.29) is 17.0 Å². The summed E-state index contributed by atoms with van der Waals surface area (Å²) in [6.07, 6.45) is 6.33. The number of hydrogen-bond donors (Lipinski definition) is 2. The van der Waals surface area contributed by atoms with E-state index in [1.54, 1.807) is 12.1 Å². The van der Waals surface area contributed by atoms with Gasteiger partial charge in [0, 0.05) is 0 Å². The number of hydrazine groups is 1. The quantitative estimate of drug-likeness (QED) is 0.501. The summed E-state index contributed by atoms with van der Waals surface area (Å²) in [5.74, 6) is -0.919. The Morgan fingerprint density at radius 1 is 0.906 bits per heavy atom. The lowest BCUT2D eigenvalue weighted by Gasteiger charge is -2.27. The van der Waals surface area contributed by atoms with Crippen molar-refractivity contribution in [3.63, 3.8) is 0 Å². The first-order valence-electron chi connectivity index (χ1n) is 10.8. The van der Waals surface area contributed by atoms with Crippen LogP contribution in [0.4, 0.5) is 5.69 Å². The van der Waals surface area contributed by atoms with Crippen LogP contribution in [-0.2, 0) is 5.41 Å². The molecule has 2 N–H and O–H groups in total. The van der Waals surface area contributed by atoms with Crippen molar-refractivity contribution in [1.82, 2.24) is 5.43 Å². The summed E-state index contributed by atoms with van der Waals surface area (Å²) in [4.78, 5) is 11.2. The van der Waals surface area contributed by atoms with Crippen LogP contribution >= 0.6 is 0 Å². The Morgan fingerprint density at radius 2 is 1.56 bits per heavy atom. The molecule has 4 rings (SSSR count).